The highest BCUT2D eigenvalue weighted by Gasteiger charge is 2.40. The van der Waals surface area contributed by atoms with Gasteiger partial charge in [0.05, 0.1) is 37.0 Å². The first-order valence-corrected chi connectivity index (χ1v) is 10.2. The molecule has 152 valence electrons. The van der Waals surface area contributed by atoms with Crippen molar-refractivity contribution in [3.05, 3.63) is 58.5 Å². The molecular formula is C22H23NO5S. The Morgan fingerprint density at radius 1 is 0.966 bits per heavy atom. The second-order valence-corrected chi connectivity index (χ2v) is 7.42. The summed E-state index contributed by atoms with van der Waals surface area (Å²) in [6, 6.07) is 12.5. The minimum absolute atomic E-state index is 0.0972. The van der Waals surface area contributed by atoms with Crippen molar-refractivity contribution < 1.29 is 24.2 Å². The van der Waals surface area contributed by atoms with Gasteiger partial charge in [-0.15, -0.1) is 11.8 Å². The Labute approximate surface area is 174 Å². The Bertz CT molecular complexity index is 952. The number of methoxy groups -OCH3 is 2. The second-order valence-electron chi connectivity index (χ2n) is 6.31. The number of benzene rings is 2. The number of thioether (sulfide) groups is 1. The van der Waals surface area contributed by atoms with Crippen LogP contribution in [0.1, 0.15) is 18.1 Å². The molecule has 0 unspecified atom stereocenters. The smallest absolute Gasteiger partial charge is 0.272 e. The summed E-state index contributed by atoms with van der Waals surface area (Å²) in [6.07, 6.45) is 0.870. The molecule has 0 aromatic heterocycles. The predicted octanol–water partition coefficient (Wildman–Crippen LogP) is 3.28. The van der Waals surface area contributed by atoms with E-state index in [1.807, 2.05) is 19.1 Å². The number of aliphatic hydroxyl groups excluding tert-OH is 1. The molecule has 0 spiro atoms. The lowest BCUT2D eigenvalue weighted by Gasteiger charge is -2.16. The molecule has 0 aliphatic carbocycles. The maximum Gasteiger partial charge on any atom is 0.272 e. The van der Waals surface area contributed by atoms with Gasteiger partial charge in [-0.1, -0.05) is 25.1 Å². The molecule has 2 amide bonds. The van der Waals surface area contributed by atoms with Gasteiger partial charge in [0.2, 0.25) is 0 Å². The number of imide groups is 1. The first-order valence-electron chi connectivity index (χ1n) is 9.23. The number of ether oxygens (including phenoxy) is 2. The number of hydrogen-bond acceptors (Lipinski definition) is 6. The normalized spacial score (nSPS) is 14.0. The fourth-order valence-electron chi connectivity index (χ4n) is 3.15. The molecular weight excluding hydrogens is 390 g/mol. The first kappa shape index (κ1) is 21.0. The fourth-order valence-corrected chi connectivity index (χ4v) is 4.01. The molecule has 0 saturated heterocycles. The fraction of sp³-hybridized carbons (Fsp3) is 0.273. The SMILES string of the molecule is CCc1ccc(N2C(=O)C(SCCO)=C(c3ccc(OC)c(OC)c3)C2=O)cc1. The molecule has 2 aromatic carbocycles. The third kappa shape index (κ3) is 4.02. The number of aryl methyl sites for hydroxylation is 1. The van der Waals surface area contributed by atoms with E-state index in [0.29, 0.717) is 39.0 Å². The molecule has 7 heteroatoms. The molecule has 1 aliphatic heterocycles. The zero-order valence-electron chi connectivity index (χ0n) is 16.6. The van der Waals surface area contributed by atoms with E-state index in [1.54, 1.807) is 30.3 Å². The predicted molar refractivity (Wildman–Crippen MR) is 114 cm³/mol. The minimum atomic E-state index is -0.396. The van der Waals surface area contributed by atoms with Crippen LogP contribution in [0, 0.1) is 0 Å². The molecule has 2 aromatic rings. The lowest BCUT2D eigenvalue weighted by atomic mass is 10.1. The van der Waals surface area contributed by atoms with Crippen LogP contribution in [0.4, 0.5) is 5.69 Å². The van der Waals surface area contributed by atoms with Gasteiger partial charge in [0.15, 0.2) is 11.5 Å². The number of hydrogen-bond donors (Lipinski definition) is 1. The molecule has 1 N–H and O–H groups in total. The molecule has 6 nitrogen and oxygen atoms in total. The quantitative estimate of drug-likeness (QED) is 0.670. The molecule has 3 rings (SSSR count). The highest BCUT2D eigenvalue weighted by atomic mass is 32.2. The van der Waals surface area contributed by atoms with Crippen LogP contribution in [0.15, 0.2) is 47.4 Å². The maximum absolute atomic E-state index is 13.3. The average Bonchev–Trinajstić information content (AvgIpc) is 3.01. The molecule has 0 radical (unpaired) electrons. The van der Waals surface area contributed by atoms with Crippen LogP contribution < -0.4 is 14.4 Å². The van der Waals surface area contributed by atoms with Crippen molar-refractivity contribution >= 4 is 34.8 Å². The van der Waals surface area contributed by atoms with E-state index in [9.17, 15) is 14.7 Å². The van der Waals surface area contributed by atoms with Crippen LogP contribution >= 0.6 is 11.8 Å². The molecule has 0 bridgehead atoms. The van der Waals surface area contributed by atoms with Gasteiger partial charge in [-0.3, -0.25) is 9.59 Å². The van der Waals surface area contributed by atoms with Gasteiger partial charge in [0.1, 0.15) is 0 Å². The minimum Gasteiger partial charge on any atom is -0.493 e. The monoisotopic (exact) mass is 413 g/mol. The van der Waals surface area contributed by atoms with E-state index >= 15 is 0 Å². The van der Waals surface area contributed by atoms with Crippen molar-refractivity contribution in [3.63, 3.8) is 0 Å². The molecule has 1 heterocycles. The highest BCUT2D eigenvalue weighted by molar-refractivity contribution is 8.04. The number of carbonyl (C=O) groups is 2. The summed E-state index contributed by atoms with van der Waals surface area (Å²) in [7, 11) is 3.05. The summed E-state index contributed by atoms with van der Waals surface area (Å²) in [5.74, 6) is 0.530. The second kappa shape index (κ2) is 9.15. The van der Waals surface area contributed by atoms with E-state index in [1.165, 1.54) is 30.9 Å². The summed E-state index contributed by atoms with van der Waals surface area (Å²) in [5, 5.41) is 9.24. The van der Waals surface area contributed by atoms with Crippen molar-refractivity contribution in [1.29, 1.82) is 0 Å². The maximum atomic E-state index is 13.3. The van der Waals surface area contributed by atoms with Crippen LogP contribution in [0.5, 0.6) is 11.5 Å². The lowest BCUT2D eigenvalue weighted by Crippen LogP contribution is -2.31. The zero-order chi connectivity index (χ0) is 21.0. The lowest BCUT2D eigenvalue weighted by molar-refractivity contribution is -0.119. The Kier molecular flexibility index (Phi) is 6.61. The van der Waals surface area contributed by atoms with Gasteiger partial charge in [-0.25, -0.2) is 4.90 Å². The molecule has 0 atom stereocenters. The molecule has 1 aliphatic rings. The van der Waals surface area contributed by atoms with E-state index in [-0.39, 0.29) is 12.5 Å². The third-order valence-electron chi connectivity index (χ3n) is 4.65. The first-order chi connectivity index (χ1) is 14.0. The van der Waals surface area contributed by atoms with Crippen LogP contribution in [-0.2, 0) is 16.0 Å². The highest BCUT2D eigenvalue weighted by Crippen LogP contribution is 2.40. The van der Waals surface area contributed by atoms with Gasteiger partial charge in [-0.05, 0) is 41.8 Å². The number of carbonyl (C=O) groups excluding carboxylic acids is 2. The van der Waals surface area contributed by atoms with Crippen LogP contribution in [0.2, 0.25) is 0 Å². The van der Waals surface area contributed by atoms with Crippen molar-refractivity contribution in [2.24, 2.45) is 0 Å². The van der Waals surface area contributed by atoms with Gasteiger partial charge in [0, 0.05) is 5.75 Å². The Balaban J connectivity index is 2.07. The Morgan fingerprint density at radius 2 is 1.66 bits per heavy atom. The van der Waals surface area contributed by atoms with E-state index < -0.39 is 5.91 Å². The van der Waals surface area contributed by atoms with Crippen LogP contribution in [0.25, 0.3) is 5.57 Å². The van der Waals surface area contributed by atoms with Crippen LogP contribution in [0.3, 0.4) is 0 Å². The topological polar surface area (TPSA) is 76.1 Å². The number of aliphatic hydroxyl groups is 1. The number of amides is 2. The van der Waals surface area contributed by atoms with Crippen molar-refractivity contribution in [3.8, 4) is 11.5 Å². The van der Waals surface area contributed by atoms with Crippen molar-refractivity contribution in [2.45, 2.75) is 13.3 Å². The summed E-state index contributed by atoms with van der Waals surface area (Å²) in [5.41, 5.74) is 2.51. The van der Waals surface area contributed by atoms with Gasteiger partial charge in [-0.2, -0.15) is 0 Å². The zero-order valence-corrected chi connectivity index (χ0v) is 17.4. The van der Waals surface area contributed by atoms with E-state index in [0.717, 1.165) is 12.0 Å². The van der Waals surface area contributed by atoms with Gasteiger partial charge in [0.25, 0.3) is 11.8 Å². The Morgan fingerprint density at radius 3 is 2.24 bits per heavy atom. The third-order valence-corrected chi connectivity index (χ3v) is 5.71. The summed E-state index contributed by atoms with van der Waals surface area (Å²) in [4.78, 5) is 27.9. The van der Waals surface area contributed by atoms with Crippen LogP contribution in [-0.4, -0.2) is 43.5 Å². The summed E-state index contributed by atoms with van der Waals surface area (Å²) >= 11 is 1.17. The largest absolute Gasteiger partial charge is 0.493 e. The Hall–Kier alpha value is -2.77. The summed E-state index contributed by atoms with van der Waals surface area (Å²) in [6.45, 7) is 1.95. The molecule has 29 heavy (non-hydrogen) atoms. The number of anilines is 1. The van der Waals surface area contributed by atoms with Gasteiger partial charge >= 0.3 is 0 Å². The van der Waals surface area contributed by atoms with Crippen molar-refractivity contribution in [1.82, 2.24) is 0 Å². The number of rotatable bonds is 8. The van der Waals surface area contributed by atoms with Gasteiger partial charge < -0.3 is 14.6 Å². The number of nitrogens with zero attached hydrogens (tertiary/aromatic N) is 1. The standard InChI is InChI=1S/C22H23NO5S/c1-4-14-5-8-16(9-6-14)23-21(25)19(20(22(23)26)29-12-11-24)15-7-10-17(27-2)18(13-15)28-3/h5-10,13,24H,4,11-12H2,1-3H3. The van der Waals surface area contributed by atoms with E-state index in [4.69, 9.17) is 9.47 Å². The molecule has 0 fully saturated rings. The summed E-state index contributed by atoms with van der Waals surface area (Å²) < 4.78 is 10.6. The average molecular weight is 413 g/mol. The van der Waals surface area contributed by atoms with Crippen molar-refractivity contribution in [2.75, 3.05) is 31.5 Å². The molecule has 0 saturated carbocycles. The van der Waals surface area contributed by atoms with E-state index in [2.05, 4.69) is 0 Å².